The Morgan fingerprint density at radius 1 is 1.47 bits per heavy atom. The van der Waals surface area contributed by atoms with E-state index >= 15 is 0 Å². The fourth-order valence-electron chi connectivity index (χ4n) is 2.28. The van der Waals surface area contributed by atoms with E-state index in [1.165, 1.54) is 5.56 Å². The number of ether oxygens (including phenoxy) is 1. The summed E-state index contributed by atoms with van der Waals surface area (Å²) in [6, 6.07) is 6.35. The smallest absolute Gasteiger partial charge is 0.143 e. The summed E-state index contributed by atoms with van der Waals surface area (Å²) in [4.78, 5) is 2.32. The Morgan fingerprint density at radius 2 is 2.18 bits per heavy atom. The fraction of sp³-hybridized carbons (Fsp3) is 0.571. The number of nitrogens with two attached hydrogens (primary N) is 1. The molecule has 17 heavy (non-hydrogen) atoms. The number of benzene rings is 1. The lowest BCUT2D eigenvalue weighted by atomic mass is 10.0. The molecule has 1 heterocycles. The first-order valence-electron chi connectivity index (χ1n) is 6.16. The van der Waals surface area contributed by atoms with Crippen LogP contribution >= 0.6 is 0 Å². The first-order valence-corrected chi connectivity index (χ1v) is 6.16. The number of anilines is 1. The molecule has 1 atom stereocenters. The zero-order valence-electron chi connectivity index (χ0n) is 11.2. The van der Waals surface area contributed by atoms with Gasteiger partial charge in [-0.25, -0.2) is 0 Å². The molecule has 94 valence electrons. The van der Waals surface area contributed by atoms with Crippen molar-refractivity contribution in [2.45, 2.75) is 39.3 Å². The van der Waals surface area contributed by atoms with Crippen molar-refractivity contribution in [2.75, 3.05) is 18.0 Å². The molecule has 1 aliphatic heterocycles. The zero-order chi connectivity index (χ0) is 12.6. The van der Waals surface area contributed by atoms with Gasteiger partial charge in [-0.2, -0.15) is 0 Å². The molecule has 0 fully saturated rings. The minimum Gasteiger partial charge on any atom is -0.487 e. The second-order valence-electron chi connectivity index (χ2n) is 5.77. The van der Waals surface area contributed by atoms with Crippen LogP contribution in [0.1, 0.15) is 26.3 Å². The molecule has 0 amide bonds. The Labute approximate surface area is 104 Å². The molecular formula is C14H22N2O. The van der Waals surface area contributed by atoms with Crippen molar-refractivity contribution in [3.05, 3.63) is 23.8 Å². The lowest BCUT2D eigenvalue weighted by molar-refractivity contribution is 0.209. The van der Waals surface area contributed by atoms with Crippen LogP contribution in [0.3, 0.4) is 0 Å². The van der Waals surface area contributed by atoms with Crippen LogP contribution < -0.4 is 15.4 Å². The van der Waals surface area contributed by atoms with Crippen molar-refractivity contribution >= 4 is 5.69 Å². The van der Waals surface area contributed by atoms with Crippen LogP contribution in [0.15, 0.2) is 18.2 Å². The van der Waals surface area contributed by atoms with E-state index in [0.717, 1.165) is 24.5 Å². The number of nitrogens with zero attached hydrogens (tertiary/aromatic N) is 1. The average molecular weight is 234 g/mol. The second-order valence-corrected chi connectivity index (χ2v) is 5.77. The van der Waals surface area contributed by atoms with Crippen LogP contribution in [0.25, 0.3) is 0 Å². The Bertz CT molecular complexity index is 409. The van der Waals surface area contributed by atoms with Gasteiger partial charge in [-0.15, -0.1) is 0 Å². The summed E-state index contributed by atoms with van der Waals surface area (Å²) in [7, 11) is 0. The predicted molar refractivity (Wildman–Crippen MR) is 71.7 cm³/mol. The molecule has 0 spiro atoms. The van der Waals surface area contributed by atoms with Gasteiger partial charge in [0.05, 0.1) is 12.2 Å². The molecule has 0 aromatic heterocycles. The Kier molecular flexibility index (Phi) is 3.04. The molecule has 3 nitrogen and oxygen atoms in total. The summed E-state index contributed by atoms with van der Waals surface area (Å²) in [5, 5.41) is 0. The van der Waals surface area contributed by atoms with Crippen molar-refractivity contribution in [1.82, 2.24) is 0 Å². The summed E-state index contributed by atoms with van der Waals surface area (Å²) in [5.41, 5.74) is 8.31. The van der Waals surface area contributed by atoms with Crippen LogP contribution in [0.4, 0.5) is 5.69 Å². The van der Waals surface area contributed by atoms with Crippen molar-refractivity contribution < 1.29 is 4.74 Å². The first kappa shape index (κ1) is 12.2. The van der Waals surface area contributed by atoms with Crippen molar-refractivity contribution in [1.29, 1.82) is 0 Å². The van der Waals surface area contributed by atoms with Gasteiger partial charge in [0.25, 0.3) is 0 Å². The van der Waals surface area contributed by atoms with E-state index in [-0.39, 0.29) is 11.6 Å². The minimum atomic E-state index is -0.195. The largest absolute Gasteiger partial charge is 0.487 e. The summed E-state index contributed by atoms with van der Waals surface area (Å²) in [5.74, 6) is 0.980. The molecule has 1 aliphatic rings. The highest BCUT2D eigenvalue weighted by Gasteiger charge is 2.26. The Morgan fingerprint density at radius 3 is 2.82 bits per heavy atom. The van der Waals surface area contributed by atoms with E-state index in [0.29, 0.717) is 0 Å². The van der Waals surface area contributed by atoms with Crippen molar-refractivity contribution in [3.63, 3.8) is 0 Å². The highest BCUT2D eigenvalue weighted by Crippen LogP contribution is 2.34. The highest BCUT2D eigenvalue weighted by molar-refractivity contribution is 5.61. The van der Waals surface area contributed by atoms with Gasteiger partial charge in [0, 0.05) is 12.1 Å². The molecule has 2 rings (SSSR count). The van der Waals surface area contributed by atoms with Gasteiger partial charge in [-0.05, 0) is 45.4 Å². The monoisotopic (exact) mass is 234 g/mol. The molecule has 0 aliphatic carbocycles. The fourth-order valence-corrected chi connectivity index (χ4v) is 2.28. The quantitative estimate of drug-likeness (QED) is 0.853. The molecule has 0 bridgehead atoms. The van der Waals surface area contributed by atoms with Crippen LogP contribution in [0.5, 0.6) is 5.75 Å². The van der Waals surface area contributed by atoms with Gasteiger partial charge in [-0.1, -0.05) is 6.07 Å². The highest BCUT2D eigenvalue weighted by atomic mass is 16.5. The van der Waals surface area contributed by atoms with Gasteiger partial charge in [0.15, 0.2) is 0 Å². The molecule has 0 saturated carbocycles. The van der Waals surface area contributed by atoms with E-state index in [1.54, 1.807) is 0 Å². The number of fused-ring (bicyclic) bond motifs is 1. The van der Waals surface area contributed by atoms with Gasteiger partial charge < -0.3 is 15.4 Å². The molecule has 1 aromatic rings. The third kappa shape index (κ3) is 2.91. The summed E-state index contributed by atoms with van der Waals surface area (Å²) in [6.07, 6.45) is 0.214. The summed E-state index contributed by atoms with van der Waals surface area (Å²) >= 11 is 0. The predicted octanol–water partition coefficient (Wildman–Crippen LogP) is 2.32. The topological polar surface area (TPSA) is 38.5 Å². The first-order chi connectivity index (χ1) is 7.85. The third-order valence-corrected chi connectivity index (χ3v) is 2.86. The maximum atomic E-state index is 6.12. The van der Waals surface area contributed by atoms with Crippen molar-refractivity contribution in [2.24, 2.45) is 5.73 Å². The molecule has 2 N–H and O–H groups in total. The Balaban J connectivity index is 2.31. The van der Waals surface area contributed by atoms with Gasteiger partial charge >= 0.3 is 0 Å². The summed E-state index contributed by atoms with van der Waals surface area (Å²) in [6.45, 7) is 10.0. The van der Waals surface area contributed by atoms with Gasteiger partial charge in [-0.3, -0.25) is 0 Å². The van der Waals surface area contributed by atoms with E-state index in [2.05, 4.69) is 50.8 Å². The zero-order valence-corrected chi connectivity index (χ0v) is 11.2. The maximum Gasteiger partial charge on any atom is 0.143 e. The van der Waals surface area contributed by atoms with Crippen LogP contribution in [0, 0.1) is 6.92 Å². The van der Waals surface area contributed by atoms with Crippen molar-refractivity contribution in [3.8, 4) is 5.75 Å². The van der Waals surface area contributed by atoms with Gasteiger partial charge in [0.2, 0.25) is 0 Å². The number of aryl methyl sites for hydroxylation is 1. The molecule has 0 radical (unpaired) electrons. The summed E-state index contributed by atoms with van der Waals surface area (Å²) < 4.78 is 5.87. The average Bonchev–Trinajstić information content (AvgIpc) is 2.13. The van der Waals surface area contributed by atoms with Crippen LogP contribution in [-0.4, -0.2) is 24.7 Å². The molecule has 1 unspecified atom stereocenters. The number of rotatable bonds is 2. The SMILES string of the molecule is Cc1ccc2c(c1)OC(C)CN2CC(C)(C)N. The molecular weight excluding hydrogens is 212 g/mol. The van der Waals surface area contributed by atoms with E-state index < -0.39 is 0 Å². The minimum absolute atomic E-state index is 0.195. The molecule has 0 saturated heterocycles. The molecule has 3 heteroatoms. The van der Waals surface area contributed by atoms with Crippen LogP contribution in [-0.2, 0) is 0 Å². The lowest BCUT2D eigenvalue weighted by Crippen LogP contribution is -2.49. The number of hydrogen-bond donors (Lipinski definition) is 1. The van der Waals surface area contributed by atoms with Gasteiger partial charge in [0.1, 0.15) is 11.9 Å². The van der Waals surface area contributed by atoms with Crippen LogP contribution in [0.2, 0.25) is 0 Å². The lowest BCUT2D eigenvalue weighted by Gasteiger charge is -2.38. The third-order valence-electron chi connectivity index (χ3n) is 2.86. The molecule has 1 aromatic carbocycles. The standard InChI is InChI=1S/C14H22N2O/c1-10-5-6-12-13(7-10)17-11(2)8-16(12)9-14(3,4)15/h5-7,11H,8-9,15H2,1-4H3. The van der Waals surface area contributed by atoms with E-state index in [1.807, 2.05) is 0 Å². The Hall–Kier alpha value is -1.22. The second kappa shape index (κ2) is 4.22. The maximum absolute atomic E-state index is 6.12. The van der Waals surface area contributed by atoms with E-state index in [4.69, 9.17) is 10.5 Å². The normalized spacial score (nSPS) is 19.8. The van der Waals surface area contributed by atoms with E-state index in [9.17, 15) is 0 Å². The number of hydrogen-bond acceptors (Lipinski definition) is 3.